The van der Waals surface area contributed by atoms with Crippen molar-refractivity contribution in [2.75, 3.05) is 40.8 Å². The second-order valence-electron chi connectivity index (χ2n) is 9.87. The third-order valence-corrected chi connectivity index (χ3v) is 7.07. The molecule has 2 aliphatic heterocycles. The van der Waals surface area contributed by atoms with Gasteiger partial charge in [-0.25, -0.2) is 0 Å². The van der Waals surface area contributed by atoms with Gasteiger partial charge >= 0.3 is 0 Å². The van der Waals surface area contributed by atoms with Gasteiger partial charge in [-0.05, 0) is 70.4 Å². The number of amides is 2. The summed E-state index contributed by atoms with van der Waals surface area (Å²) in [7, 11) is 5.78. The predicted molar refractivity (Wildman–Crippen MR) is 136 cm³/mol. The van der Waals surface area contributed by atoms with Crippen LogP contribution in [0.15, 0.2) is 30.3 Å². The Morgan fingerprint density at radius 2 is 1.79 bits per heavy atom. The Hall–Kier alpha value is -2.19. The van der Waals surface area contributed by atoms with E-state index in [1.54, 1.807) is 0 Å². The van der Waals surface area contributed by atoms with E-state index in [2.05, 4.69) is 41.8 Å². The lowest BCUT2D eigenvalue weighted by atomic mass is 9.84. The van der Waals surface area contributed by atoms with Crippen molar-refractivity contribution in [3.8, 4) is 0 Å². The topological polar surface area (TPSA) is 67.9 Å². The van der Waals surface area contributed by atoms with Gasteiger partial charge in [0.25, 0.3) is 0 Å². The number of rotatable bonds is 8. The summed E-state index contributed by atoms with van der Waals surface area (Å²) in [6, 6.07) is 10.9. The van der Waals surface area contributed by atoms with E-state index in [-0.39, 0.29) is 29.9 Å². The molecule has 2 fully saturated rings. The van der Waals surface area contributed by atoms with Crippen LogP contribution in [0, 0.1) is 5.92 Å². The molecule has 0 bridgehead atoms. The lowest BCUT2D eigenvalue weighted by molar-refractivity contribution is -0.137. The highest BCUT2D eigenvalue weighted by atomic mass is 32.1. The van der Waals surface area contributed by atoms with Gasteiger partial charge in [0.1, 0.15) is 0 Å². The molecule has 182 valence electrons. The van der Waals surface area contributed by atoms with Crippen molar-refractivity contribution in [1.82, 2.24) is 25.3 Å². The van der Waals surface area contributed by atoms with Crippen LogP contribution in [0.4, 0.5) is 0 Å². The van der Waals surface area contributed by atoms with Gasteiger partial charge in [-0.15, -0.1) is 0 Å². The van der Waals surface area contributed by atoms with Crippen LogP contribution >= 0.6 is 12.2 Å². The van der Waals surface area contributed by atoms with E-state index < -0.39 is 0 Å². The van der Waals surface area contributed by atoms with E-state index in [0.29, 0.717) is 24.0 Å². The number of hydrogen-bond donors (Lipinski definition) is 2. The maximum atomic E-state index is 13.0. The third kappa shape index (κ3) is 7.40. The van der Waals surface area contributed by atoms with Crippen LogP contribution in [0.2, 0.25) is 0 Å². The van der Waals surface area contributed by atoms with E-state index in [1.807, 2.05) is 41.9 Å². The van der Waals surface area contributed by atoms with Crippen molar-refractivity contribution in [3.05, 3.63) is 35.9 Å². The van der Waals surface area contributed by atoms with E-state index in [4.69, 9.17) is 12.2 Å². The van der Waals surface area contributed by atoms with Gasteiger partial charge in [-0.3, -0.25) is 9.59 Å². The molecule has 2 N–H and O–H groups in total. The number of likely N-dealkylation sites (N-methyl/N-ethyl adjacent to an activating group) is 2. The largest absolute Gasteiger partial charge is 0.360 e. The standard InChI is InChI=1S/C25H39N5O2S/c1-18-14-21(27-25(33)26-18)16-23(31)30-12-10-20(11-13-30)22(15-19-8-6-5-7-9-19)29(4)24(32)17-28(2)3/h5-9,18,20-22H,10-17H2,1-4H3,(H2,26,27,33)/t18-,21+,22-/m1/s1. The number of benzene rings is 1. The predicted octanol–water partition coefficient (Wildman–Crippen LogP) is 1.87. The van der Waals surface area contributed by atoms with Crippen LogP contribution in [-0.4, -0.2) is 90.5 Å². The molecule has 7 nitrogen and oxygen atoms in total. The summed E-state index contributed by atoms with van der Waals surface area (Å²) in [6.07, 6.45) is 4.03. The maximum Gasteiger partial charge on any atom is 0.236 e. The second kappa shape index (κ2) is 11.8. The van der Waals surface area contributed by atoms with Crippen molar-refractivity contribution < 1.29 is 9.59 Å². The van der Waals surface area contributed by atoms with Crippen molar-refractivity contribution in [3.63, 3.8) is 0 Å². The Bertz CT molecular complexity index is 810. The molecule has 8 heteroatoms. The van der Waals surface area contributed by atoms with Crippen molar-refractivity contribution >= 4 is 29.1 Å². The summed E-state index contributed by atoms with van der Waals surface area (Å²) in [5.41, 5.74) is 1.24. The Morgan fingerprint density at radius 3 is 2.39 bits per heavy atom. The Labute approximate surface area is 203 Å². The zero-order chi connectivity index (χ0) is 24.0. The van der Waals surface area contributed by atoms with Gasteiger partial charge in [0.15, 0.2) is 5.11 Å². The van der Waals surface area contributed by atoms with E-state index in [1.165, 1.54) is 5.56 Å². The average Bonchev–Trinajstić information content (AvgIpc) is 2.76. The smallest absolute Gasteiger partial charge is 0.236 e. The molecule has 33 heavy (non-hydrogen) atoms. The first kappa shape index (κ1) is 25.4. The first-order valence-corrected chi connectivity index (χ1v) is 12.4. The van der Waals surface area contributed by atoms with Crippen LogP contribution in [0.25, 0.3) is 0 Å². The molecule has 3 atom stereocenters. The number of nitrogens with one attached hydrogen (secondary N) is 2. The molecule has 2 saturated heterocycles. The molecule has 2 aliphatic rings. The quantitative estimate of drug-likeness (QED) is 0.562. The highest BCUT2D eigenvalue weighted by Gasteiger charge is 2.33. The molecule has 0 unspecified atom stereocenters. The third-order valence-electron chi connectivity index (χ3n) is 6.84. The number of carbonyl (C=O) groups is 2. The van der Waals surface area contributed by atoms with Gasteiger partial charge in [0, 0.05) is 44.7 Å². The average molecular weight is 474 g/mol. The highest BCUT2D eigenvalue weighted by Crippen LogP contribution is 2.27. The molecule has 1 aromatic rings. The van der Waals surface area contributed by atoms with Crippen molar-refractivity contribution in [1.29, 1.82) is 0 Å². The zero-order valence-corrected chi connectivity index (χ0v) is 21.2. The first-order valence-electron chi connectivity index (χ1n) is 12.0. The van der Waals surface area contributed by atoms with Gasteiger partial charge in [0.05, 0.1) is 6.54 Å². The van der Waals surface area contributed by atoms with Gasteiger partial charge in [0.2, 0.25) is 11.8 Å². The van der Waals surface area contributed by atoms with Crippen LogP contribution in [-0.2, 0) is 16.0 Å². The molecule has 0 aromatic heterocycles. The van der Waals surface area contributed by atoms with Gasteiger partial charge in [-0.1, -0.05) is 30.3 Å². The fourth-order valence-corrected chi connectivity index (χ4v) is 5.41. The zero-order valence-electron chi connectivity index (χ0n) is 20.4. The lowest BCUT2D eigenvalue weighted by Gasteiger charge is -2.41. The van der Waals surface area contributed by atoms with Crippen LogP contribution in [0.3, 0.4) is 0 Å². The Morgan fingerprint density at radius 1 is 1.12 bits per heavy atom. The number of thiocarbonyl (C=S) groups is 1. The summed E-state index contributed by atoms with van der Waals surface area (Å²) < 4.78 is 0. The fourth-order valence-electron chi connectivity index (χ4n) is 5.05. The minimum Gasteiger partial charge on any atom is -0.360 e. The van der Waals surface area contributed by atoms with E-state index in [9.17, 15) is 9.59 Å². The summed E-state index contributed by atoms with van der Waals surface area (Å²) in [5, 5.41) is 7.07. The summed E-state index contributed by atoms with van der Waals surface area (Å²) in [6.45, 7) is 3.99. The number of hydrogen-bond acceptors (Lipinski definition) is 4. The second-order valence-corrected chi connectivity index (χ2v) is 10.3. The number of likely N-dealkylation sites (tertiary alicyclic amines) is 1. The van der Waals surface area contributed by atoms with Crippen molar-refractivity contribution in [2.24, 2.45) is 5.92 Å². The van der Waals surface area contributed by atoms with E-state index in [0.717, 1.165) is 38.8 Å². The molecule has 2 heterocycles. The first-order chi connectivity index (χ1) is 15.7. The van der Waals surface area contributed by atoms with Crippen LogP contribution in [0.5, 0.6) is 0 Å². The number of carbonyl (C=O) groups excluding carboxylic acids is 2. The minimum atomic E-state index is 0.0968. The molecular weight excluding hydrogens is 434 g/mol. The lowest BCUT2D eigenvalue weighted by Crippen LogP contribution is -2.55. The molecular formula is C25H39N5O2S. The van der Waals surface area contributed by atoms with Crippen LogP contribution in [0.1, 0.15) is 38.2 Å². The van der Waals surface area contributed by atoms with Gasteiger partial charge in [-0.2, -0.15) is 0 Å². The molecule has 1 aromatic carbocycles. The van der Waals surface area contributed by atoms with E-state index >= 15 is 0 Å². The Balaban J connectivity index is 1.60. The molecule has 0 spiro atoms. The number of nitrogens with zero attached hydrogens (tertiary/aromatic N) is 3. The highest BCUT2D eigenvalue weighted by molar-refractivity contribution is 7.80. The normalized spacial score (nSPS) is 22.5. The summed E-state index contributed by atoms with van der Waals surface area (Å²) >= 11 is 5.26. The maximum absolute atomic E-state index is 13.0. The summed E-state index contributed by atoms with van der Waals surface area (Å²) in [5.74, 6) is 0.705. The van der Waals surface area contributed by atoms with Crippen LogP contribution < -0.4 is 10.6 Å². The number of piperidine rings is 1. The monoisotopic (exact) mass is 473 g/mol. The molecule has 0 aliphatic carbocycles. The van der Waals surface area contributed by atoms with Gasteiger partial charge < -0.3 is 25.3 Å². The SMILES string of the molecule is C[C@@H]1C[C@@H](CC(=O)N2CCC([C@@H](Cc3ccccc3)N(C)C(=O)CN(C)C)CC2)NC(=S)N1. The molecule has 3 rings (SSSR count). The van der Waals surface area contributed by atoms with Crippen molar-refractivity contribution in [2.45, 2.75) is 57.2 Å². The molecule has 0 saturated carbocycles. The fraction of sp³-hybridized carbons (Fsp3) is 0.640. The Kier molecular flexibility index (Phi) is 9.09. The molecule has 0 radical (unpaired) electrons. The summed E-state index contributed by atoms with van der Waals surface area (Å²) in [4.78, 5) is 31.7. The minimum absolute atomic E-state index is 0.0968. The molecule has 2 amide bonds.